The van der Waals surface area contributed by atoms with E-state index in [1.165, 1.54) is 26.4 Å². The molecule has 1 heterocycles. The van der Waals surface area contributed by atoms with Crippen molar-refractivity contribution in [3.63, 3.8) is 0 Å². The van der Waals surface area contributed by atoms with Crippen molar-refractivity contribution in [1.29, 1.82) is 5.41 Å². The van der Waals surface area contributed by atoms with Gasteiger partial charge in [-0.3, -0.25) is 25.1 Å². The number of ether oxygens (including phenoxy) is 2. The van der Waals surface area contributed by atoms with Crippen LogP contribution in [0.25, 0.3) is 0 Å². The van der Waals surface area contributed by atoms with Crippen molar-refractivity contribution < 1.29 is 23.9 Å². The molecule has 1 aromatic carbocycles. The summed E-state index contributed by atoms with van der Waals surface area (Å²) in [5.74, 6) is -1.20. The summed E-state index contributed by atoms with van der Waals surface area (Å²) in [5.41, 5.74) is -0.238. The van der Waals surface area contributed by atoms with Crippen LogP contribution < -0.4 is 20.1 Å². The lowest BCUT2D eigenvalue weighted by atomic mass is 10.2. The molecule has 3 amide bonds. The SMILES string of the molecule is COc1ccc(C(=O)N=C2C(=N)N=C(SCC(=O)NC3CCCC3)NC2=O)cc1OC. The highest BCUT2D eigenvalue weighted by molar-refractivity contribution is 8.14. The number of methoxy groups -OCH3 is 2. The second kappa shape index (κ2) is 10.2. The van der Waals surface area contributed by atoms with Crippen molar-refractivity contribution in [2.75, 3.05) is 20.0 Å². The van der Waals surface area contributed by atoms with E-state index in [-0.39, 0.29) is 28.4 Å². The van der Waals surface area contributed by atoms with Gasteiger partial charge in [-0.1, -0.05) is 24.6 Å². The van der Waals surface area contributed by atoms with E-state index in [0.29, 0.717) is 11.5 Å². The molecule has 1 saturated carbocycles. The molecule has 0 spiro atoms. The van der Waals surface area contributed by atoms with Gasteiger partial charge < -0.3 is 14.8 Å². The van der Waals surface area contributed by atoms with Gasteiger partial charge in [0.25, 0.3) is 11.8 Å². The maximum absolute atomic E-state index is 12.5. The first kappa shape index (κ1) is 22.5. The van der Waals surface area contributed by atoms with Crippen LogP contribution in [0.5, 0.6) is 11.5 Å². The molecular formula is C20H23N5O5S. The predicted molar refractivity (Wildman–Crippen MR) is 117 cm³/mol. The Bertz CT molecular complexity index is 969. The largest absolute Gasteiger partial charge is 0.493 e. The van der Waals surface area contributed by atoms with Crippen LogP contribution in [0.4, 0.5) is 0 Å². The average molecular weight is 446 g/mol. The van der Waals surface area contributed by atoms with Gasteiger partial charge in [0.15, 0.2) is 28.2 Å². The Kier molecular flexibility index (Phi) is 7.40. The smallest absolute Gasteiger partial charge is 0.279 e. The monoisotopic (exact) mass is 445 g/mol. The molecule has 164 valence electrons. The molecule has 3 rings (SSSR count). The van der Waals surface area contributed by atoms with Crippen molar-refractivity contribution in [2.24, 2.45) is 9.98 Å². The van der Waals surface area contributed by atoms with Gasteiger partial charge in [-0.15, -0.1) is 0 Å². The number of benzene rings is 1. The molecule has 1 aliphatic heterocycles. The Labute approximate surface area is 183 Å². The summed E-state index contributed by atoms with van der Waals surface area (Å²) in [4.78, 5) is 44.5. The number of hydrogen-bond acceptors (Lipinski definition) is 7. The normalized spacial score (nSPS) is 17.9. The first-order chi connectivity index (χ1) is 14.9. The zero-order valence-corrected chi connectivity index (χ0v) is 18.0. The van der Waals surface area contributed by atoms with Gasteiger partial charge in [0.05, 0.1) is 20.0 Å². The highest BCUT2D eigenvalue weighted by atomic mass is 32.2. The van der Waals surface area contributed by atoms with E-state index >= 15 is 0 Å². The molecule has 31 heavy (non-hydrogen) atoms. The molecule has 0 radical (unpaired) electrons. The van der Waals surface area contributed by atoms with Gasteiger partial charge in [-0.2, -0.15) is 4.99 Å². The molecule has 2 aliphatic rings. The standard InChI is InChI=1S/C20H23N5O5S/c1-29-13-8-7-11(9-14(13)30-2)18(27)23-16-17(21)24-20(25-19(16)28)31-10-15(26)22-12-5-3-4-6-12/h7-9,12H,3-6,10H2,1-2H3,(H,22,26)(H2,21,24,25,28). The van der Waals surface area contributed by atoms with Gasteiger partial charge in [-0.25, -0.2) is 4.99 Å². The molecule has 3 N–H and O–H groups in total. The summed E-state index contributed by atoms with van der Waals surface area (Å²) in [6, 6.07) is 4.66. The van der Waals surface area contributed by atoms with Crippen LogP contribution in [-0.2, 0) is 9.59 Å². The number of amidine groups is 2. The predicted octanol–water partition coefficient (Wildman–Crippen LogP) is 1.54. The van der Waals surface area contributed by atoms with Crippen LogP contribution in [0.2, 0.25) is 0 Å². The Hall–Kier alpha value is -3.21. The Balaban J connectivity index is 1.64. The molecule has 0 aromatic heterocycles. The highest BCUT2D eigenvalue weighted by Crippen LogP contribution is 2.27. The number of rotatable bonds is 6. The summed E-state index contributed by atoms with van der Waals surface area (Å²) < 4.78 is 10.3. The van der Waals surface area contributed by atoms with E-state index in [0.717, 1.165) is 37.4 Å². The Morgan fingerprint density at radius 2 is 1.97 bits per heavy atom. The summed E-state index contributed by atoms with van der Waals surface area (Å²) >= 11 is 1.02. The first-order valence-electron chi connectivity index (χ1n) is 9.67. The lowest BCUT2D eigenvalue weighted by molar-refractivity contribution is -0.119. The van der Waals surface area contributed by atoms with Crippen LogP contribution in [0.1, 0.15) is 36.0 Å². The number of carbonyl (C=O) groups is 3. The van der Waals surface area contributed by atoms with E-state index in [1.54, 1.807) is 6.07 Å². The van der Waals surface area contributed by atoms with Crippen LogP contribution in [0.15, 0.2) is 28.2 Å². The number of carbonyl (C=O) groups excluding carboxylic acids is 3. The van der Waals surface area contributed by atoms with Crippen molar-refractivity contribution in [1.82, 2.24) is 10.6 Å². The van der Waals surface area contributed by atoms with Crippen LogP contribution in [0, 0.1) is 5.41 Å². The van der Waals surface area contributed by atoms with Crippen LogP contribution in [-0.4, -0.2) is 60.5 Å². The van der Waals surface area contributed by atoms with Crippen molar-refractivity contribution in [3.05, 3.63) is 23.8 Å². The molecule has 0 bridgehead atoms. The van der Waals surface area contributed by atoms with Gasteiger partial charge >= 0.3 is 0 Å². The van der Waals surface area contributed by atoms with Crippen LogP contribution >= 0.6 is 11.8 Å². The minimum Gasteiger partial charge on any atom is -0.493 e. The molecular weight excluding hydrogens is 422 g/mol. The number of aliphatic imine (C=N–C) groups is 2. The number of nitrogens with one attached hydrogen (secondary N) is 3. The van der Waals surface area contributed by atoms with Crippen molar-refractivity contribution >= 4 is 46.2 Å². The second-order valence-corrected chi connectivity index (χ2v) is 7.86. The van der Waals surface area contributed by atoms with E-state index in [9.17, 15) is 14.4 Å². The van der Waals surface area contributed by atoms with Gasteiger partial charge in [0, 0.05) is 11.6 Å². The summed E-state index contributed by atoms with van der Waals surface area (Å²) in [6.45, 7) is 0. The second-order valence-electron chi connectivity index (χ2n) is 6.89. The maximum atomic E-state index is 12.5. The van der Waals surface area contributed by atoms with Gasteiger partial charge in [0.2, 0.25) is 5.91 Å². The van der Waals surface area contributed by atoms with Crippen molar-refractivity contribution in [3.8, 4) is 11.5 Å². The Morgan fingerprint density at radius 1 is 1.26 bits per heavy atom. The number of hydrogen-bond donors (Lipinski definition) is 3. The Morgan fingerprint density at radius 3 is 2.61 bits per heavy atom. The fraction of sp³-hybridized carbons (Fsp3) is 0.400. The zero-order valence-electron chi connectivity index (χ0n) is 17.2. The molecule has 1 aromatic rings. The lowest BCUT2D eigenvalue weighted by Gasteiger charge is -2.16. The molecule has 1 aliphatic carbocycles. The average Bonchev–Trinajstić information content (AvgIpc) is 3.27. The number of thioether (sulfide) groups is 1. The lowest BCUT2D eigenvalue weighted by Crippen LogP contribution is -2.44. The summed E-state index contributed by atoms with van der Waals surface area (Å²) in [6.07, 6.45) is 4.18. The zero-order chi connectivity index (χ0) is 22.4. The van der Waals surface area contributed by atoms with Crippen LogP contribution in [0.3, 0.4) is 0 Å². The van der Waals surface area contributed by atoms with E-state index in [1.807, 2.05) is 0 Å². The summed E-state index contributed by atoms with van der Waals surface area (Å²) in [5, 5.41) is 13.5. The minimum atomic E-state index is -0.729. The molecule has 0 atom stereocenters. The third-order valence-electron chi connectivity index (χ3n) is 4.78. The minimum absolute atomic E-state index is 0.0694. The van der Waals surface area contributed by atoms with E-state index in [2.05, 4.69) is 20.6 Å². The number of nitrogens with zero attached hydrogens (tertiary/aromatic N) is 2. The maximum Gasteiger partial charge on any atom is 0.279 e. The molecule has 0 saturated heterocycles. The third-order valence-corrected chi connectivity index (χ3v) is 5.65. The quantitative estimate of drug-likeness (QED) is 0.606. The fourth-order valence-electron chi connectivity index (χ4n) is 3.23. The van der Waals surface area contributed by atoms with Gasteiger partial charge in [-0.05, 0) is 31.0 Å². The third kappa shape index (κ3) is 5.69. The molecule has 10 nitrogen and oxygen atoms in total. The topological polar surface area (TPSA) is 142 Å². The van der Waals surface area contributed by atoms with Crippen molar-refractivity contribution in [2.45, 2.75) is 31.7 Å². The van der Waals surface area contributed by atoms with E-state index in [4.69, 9.17) is 14.9 Å². The molecule has 1 fully saturated rings. The highest BCUT2D eigenvalue weighted by Gasteiger charge is 2.27. The molecule has 0 unspecified atom stereocenters. The fourth-order valence-corrected chi connectivity index (χ4v) is 3.90. The first-order valence-corrected chi connectivity index (χ1v) is 10.7. The number of amides is 3. The molecule has 11 heteroatoms. The summed E-state index contributed by atoms with van der Waals surface area (Å²) in [7, 11) is 2.91. The van der Waals surface area contributed by atoms with E-state index < -0.39 is 23.4 Å². The van der Waals surface area contributed by atoms with Gasteiger partial charge in [0.1, 0.15) is 0 Å².